The standard InChI is InChI=1S/C14H12N2O2S/c1-8-6-10-12(7-9(8)2)19-14(15-10)16-13(17)11-4-3-5-18-11/h3-7H,1-2H3,(H,15,16,17). The molecule has 0 bridgehead atoms. The molecule has 0 aliphatic heterocycles. The van der Waals surface area contributed by atoms with E-state index in [1.165, 1.54) is 28.7 Å². The van der Waals surface area contributed by atoms with Crippen LogP contribution in [0.1, 0.15) is 21.7 Å². The average Bonchev–Trinajstić information content (AvgIpc) is 2.98. The first kappa shape index (κ1) is 11.9. The Balaban J connectivity index is 1.92. The molecule has 3 rings (SSSR count). The fraction of sp³-hybridized carbons (Fsp3) is 0.143. The van der Waals surface area contributed by atoms with Crippen molar-refractivity contribution in [1.29, 1.82) is 0 Å². The number of fused-ring (bicyclic) bond motifs is 1. The summed E-state index contributed by atoms with van der Waals surface area (Å²) in [5.41, 5.74) is 3.32. The number of rotatable bonds is 2. The zero-order valence-corrected chi connectivity index (χ0v) is 11.4. The van der Waals surface area contributed by atoms with E-state index >= 15 is 0 Å². The number of aryl methyl sites for hydroxylation is 2. The van der Waals surface area contributed by atoms with Gasteiger partial charge in [-0.1, -0.05) is 11.3 Å². The fourth-order valence-corrected chi connectivity index (χ4v) is 2.74. The second-order valence-corrected chi connectivity index (χ2v) is 5.39. The number of nitrogens with zero attached hydrogens (tertiary/aromatic N) is 1. The minimum absolute atomic E-state index is 0.280. The molecule has 0 fully saturated rings. The van der Waals surface area contributed by atoms with E-state index in [1.807, 2.05) is 6.07 Å². The van der Waals surface area contributed by atoms with E-state index in [-0.39, 0.29) is 11.7 Å². The number of furan rings is 1. The van der Waals surface area contributed by atoms with Gasteiger partial charge in [0.25, 0.3) is 5.91 Å². The molecule has 19 heavy (non-hydrogen) atoms. The van der Waals surface area contributed by atoms with Crippen molar-refractivity contribution in [1.82, 2.24) is 4.98 Å². The Kier molecular flexibility index (Phi) is 2.83. The minimum Gasteiger partial charge on any atom is -0.459 e. The molecule has 2 aromatic heterocycles. The van der Waals surface area contributed by atoms with Gasteiger partial charge in [-0.05, 0) is 49.2 Å². The first-order chi connectivity index (χ1) is 9.13. The molecule has 0 saturated carbocycles. The van der Waals surface area contributed by atoms with Gasteiger partial charge in [0.1, 0.15) is 0 Å². The highest BCUT2D eigenvalue weighted by molar-refractivity contribution is 7.22. The van der Waals surface area contributed by atoms with Crippen molar-refractivity contribution >= 4 is 32.6 Å². The van der Waals surface area contributed by atoms with Crippen LogP contribution >= 0.6 is 11.3 Å². The van der Waals surface area contributed by atoms with Gasteiger partial charge in [-0.2, -0.15) is 0 Å². The predicted octanol–water partition coefficient (Wildman–Crippen LogP) is 3.76. The van der Waals surface area contributed by atoms with Gasteiger partial charge in [-0.15, -0.1) is 0 Å². The molecule has 0 unspecified atom stereocenters. The van der Waals surface area contributed by atoms with E-state index in [1.54, 1.807) is 12.1 Å². The number of nitrogens with one attached hydrogen (secondary N) is 1. The molecule has 3 aromatic rings. The summed E-state index contributed by atoms with van der Waals surface area (Å²) >= 11 is 1.46. The fourth-order valence-electron chi connectivity index (χ4n) is 1.80. The second-order valence-electron chi connectivity index (χ2n) is 4.35. The number of benzene rings is 1. The summed E-state index contributed by atoms with van der Waals surface area (Å²) in [6, 6.07) is 7.42. The van der Waals surface area contributed by atoms with Crippen molar-refractivity contribution in [2.75, 3.05) is 5.32 Å². The van der Waals surface area contributed by atoms with E-state index in [2.05, 4.69) is 30.2 Å². The van der Waals surface area contributed by atoms with E-state index < -0.39 is 0 Å². The van der Waals surface area contributed by atoms with Crippen LogP contribution in [-0.4, -0.2) is 10.9 Å². The molecule has 4 nitrogen and oxygen atoms in total. The summed E-state index contributed by atoms with van der Waals surface area (Å²) in [5.74, 6) is 0.00381. The van der Waals surface area contributed by atoms with Crippen LogP contribution in [-0.2, 0) is 0 Å². The Morgan fingerprint density at radius 1 is 1.32 bits per heavy atom. The van der Waals surface area contributed by atoms with Crippen molar-refractivity contribution in [2.45, 2.75) is 13.8 Å². The maximum atomic E-state index is 11.8. The van der Waals surface area contributed by atoms with Crippen LogP contribution in [0.25, 0.3) is 10.2 Å². The van der Waals surface area contributed by atoms with Gasteiger partial charge in [0.2, 0.25) is 0 Å². The van der Waals surface area contributed by atoms with Crippen molar-refractivity contribution in [3.05, 3.63) is 47.4 Å². The Hall–Kier alpha value is -2.14. The number of hydrogen-bond acceptors (Lipinski definition) is 4. The SMILES string of the molecule is Cc1cc2nc(NC(=O)c3ccco3)sc2cc1C. The van der Waals surface area contributed by atoms with Gasteiger partial charge in [-0.3, -0.25) is 10.1 Å². The first-order valence-corrected chi connectivity index (χ1v) is 6.68. The molecule has 0 saturated heterocycles. The van der Waals surface area contributed by atoms with Crippen LogP contribution in [0.4, 0.5) is 5.13 Å². The van der Waals surface area contributed by atoms with Crippen LogP contribution in [0.15, 0.2) is 34.9 Å². The lowest BCUT2D eigenvalue weighted by Crippen LogP contribution is -2.10. The van der Waals surface area contributed by atoms with Gasteiger partial charge < -0.3 is 4.42 Å². The van der Waals surface area contributed by atoms with Crippen molar-refractivity contribution < 1.29 is 9.21 Å². The molecule has 1 amide bonds. The molecular weight excluding hydrogens is 260 g/mol. The third-order valence-corrected chi connectivity index (χ3v) is 3.90. The summed E-state index contributed by atoms with van der Waals surface area (Å²) in [4.78, 5) is 16.3. The van der Waals surface area contributed by atoms with Crippen LogP contribution in [0.5, 0.6) is 0 Å². The summed E-state index contributed by atoms with van der Waals surface area (Å²) in [6.45, 7) is 4.12. The molecule has 96 valence electrons. The van der Waals surface area contributed by atoms with Gasteiger partial charge >= 0.3 is 0 Å². The van der Waals surface area contributed by atoms with Crippen LogP contribution in [0.2, 0.25) is 0 Å². The number of aromatic nitrogens is 1. The smallest absolute Gasteiger partial charge is 0.293 e. The zero-order valence-electron chi connectivity index (χ0n) is 10.6. The summed E-state index contributed by atoms with van der Waals surface area (Å²) < 4.78 is 6.11. The van der Waals surface area contributed by atoms with Crippen LogP contribution < -0.4 is 5.32 Å². The summed E-state index contributed by atoms with van der Waals surface area (Å²) in [6.07, 6.45) is 1.47. The predicted molar refractivity (Wildman–Crippen MR) is 75.8 cm³/mol. The lowest BCUT2D eigenvalue weighted by Gasteiger charge is -1.96. The van der Waals surface area contributed by atoms with Crippen molar-refractivity contribution in [3.8, 4) is 0 Å². The molecule has 1 N–H and O–H groups in total. The van der Waals surface area contributed by atoms with Crippen molar-refractivity contribution in [3.63, 3.8) is 0 Å². The molecule has 0 aliphatic rings. The summed E-state index contributed by atoms with van der Waals surface area (Å²) in [5, 5.41) is 3.33. The molecule has 0 spiro atoms. The monoisotopic (exact) mass is 272 g/mol. The first-order valence-electron chi connectivity index (χ1n) is 5.86. The van der Waals surface area contributed by atoms with Gasteiger partial charge in [-0.25, -0.2) is 4.98 Å². The number of amides is 1. The Morgan fingerprint density at radius 2 is 2.11 bits per heavy atom. The molecular formula is C14H12N2O2S. The maximum Gasteiger partial charge on any atom is 0.293 e. The minimum atomic E-state index is -0.280. The van der Waals surface area contributed by atoms with Crippen molar-refractivity contribution in [2.24, 2.45) is 0 Å². The van der Waals surface area contributed by atoms with Crippen LogP contribution in [0.3, 0.4) is 0 Å². The third-order valence-electron chi connectivity index (χ3n) is 2.97. The Labute approximate surface area is 114 Å². The van der Waals surface area contributed by atoms with Gasteiger partial charge in [0, 0.05) is 0 Å². The van der Waals surface area contributed by atoms with E-state index in [4.69, 9.17) is 4.42 Å². The van der Waals surface area contributed by atoms with E-state index in [0.717, 1.165) is 10.2 Å². The number of carbonyl (C=O) groups is 1. The van der Waals surface area contributed by atoms with Gasteiger partial charge in [0.05, 0.1) is 16.5 Å². The number of hydrogen-bond donors (Lipinski definition) is 1. The lowest BCUT2D eigenvalue weighted by atomic mass is 10.1. The lowest BCUT2D eigenvalue weighted by molar-refractivity contribution is 0.0996. The quantitative estimate of drug-likeness (QED) is 0.772. The Bertz CT molecular complexity index is 705. The number of thiazole rings is 1. The average molecular weight is 272 g/mol. The number of anilines is 1. The molecule has 5 heteroatoms. The largest absolute Gasteiger partial charge is 0.459 e. The third kappa shape index (κ3) is 2.24. The molecule has 0 radical (unpaired) electrons. The zero-order chi connectivity index (χ0) is 13.4. The van der Waals surface area contributed by atoms with Gasteiger partial charge in [0.15, 0.2) is 10.9 Å². The molecule has 0 atom stereocenters. The highest BCUT2D eigenvalue weighted by Crippen LogP contribution is 2.28. The highest BCUT2D eigenvalue weighted by Gasteiger charge is 2.12. The maximum absolute atomic E-state index is 11.8. The second kappa shape index (κ2) is 4.51. The molecule has 1 aromatic carbocycles. The molecule has 0 aliphatic carbocycles. The van der Waals surface area contributed by atoms with E-state index in [0.29, 0.717) is 5.13 Å². The normalized spacial score (nSPS) is 10.8. The molecule has 2 heterocycles. The summed E-state index contributed by atoms with van der Waals surface area (Å²) in [7, 11) is 0. The Morgan fingerprint density at radius 3 is 2.84 bits per heavy atom. The topological polar surface area (TPSA) is 55.1 Å². The number of carbonyl (C=O) groups excluding carboxylic acids is 1. The van der Waals surface area contributed by atoms with Crippen LogP contribution in [0, 0.1) is 13.8 Å². The van der Waals surface area contributed by atoms with E-state index in [9.17, 15) is 4.79 Å². The highest BCUT2D eigenvalue weighted by atomic mass is 32.1.